The maximum Gasteiger partial charge on any atom is 0.265 e. The minimum atomic E-state index is -0.742. The topological polar surface area (TPSA) is 79.5 Å². The zero-order valence-electron chi connectivity index (χ0n) is 16.9. The molecule has 32 heavy (non-hydrogen) atoms. The monoisotopic (exact) mass is 531 g/mol. The lowest BCUT2D eigenvalue weighted by atomic mass is 10.2. The van der Waals surface area contributed by atoms with Crippen molar-refractivity contribution < 1.29 is 14.3 Å². The lowest BCUT2D eigenvalue weighted by Crippen LogP contribution is -2.34. The summed E-state index contributed by atoms with van der Waals surface area (Å²) in [7, 11) is 0. The first-order valence-corrected chi connectivity index (χ1v) is 11.1. The van der Waals surface area contributed by atoms with E-state index in [1.54, 1.807) is 79.7 Å². The predicted molar refractivity (Wildman–Crippen MR) is 134 cm³/mol. The van der Waals surface area contributed by atoms with Crippen LogP contribution in [0.15, 0.2) is 77.3 Å². The number of benzene rings is 3. The van der Waals surface area contributed by atoms with E-state index in [-0.39, 0.29) is 16.9 Å². The number of thiocarbonyl (C=S) groups is 1. The molecule has 0 saturated heterocycles. The van der Waals surface area contributed by atoms with Crippen LogP contribution in [0.5, 0.6) is 5.75 Å². The highest BCUT2D eigenvalue weighted by atomic mass is 79.9. The largest absolute Gasteiger partial charge is 0.479 e. The van der Waals surface area contributed by atoms with Crippen LogP contribution >= 0.6 is 39.7 Å². The van der Waals surface area contributed by atoms with E-state index in [4.69, 9.17) is 28.6 Å². The number of carbonyl (C=O) groups is 2. The van der Waals surface area contributed by atoms with Crippen molar-refractivity contribution in [1.82, 2.24) is 5.32 Å². The van der Waals surface area contributed by atoms with Crippen molar-refractivity contribution in [3.8, 4) is 5.75 Å². The van der Waals surface area contributed by atoms with Crippen molar-refractivity contribution in [2.75, 3.05) is 10.6 Å². The van der Waals surface area contributed by atoms with Gasteiger partial charge in [0.25, 0.3) is 11.8 Å². The summed E-state index contributed by atoms with van der Waals surface area (Å²) in [5, 5.41) is 8.94. The fourth-order valence-corrected chi connectivity index (χ4v) is 3.26. The van der Waals surface area contributed by atoms with Crippen molar-refractivity contribution in [2.24, 2.45) is 0 Å². The molecule has 0 radical (unpaired) electrons. The van der Waals surface area contributed by atoms with Crippen LogP contribution in [0.1, 0.15) is 17.3 Å². The molecular weight excluding hydrogens is 514 g/mol. The maximum absolute atomic E-state index is 12.4. The second kappa shape index (κ2) is 11.1. The van der Waals surface area contributed by atoms with Gasteiger partial charge < -0.3 is 15.4 Å². The minimum Gasteiger partial charge on any atom is -0.479 e. The lowest BCUT2D eigenvalue weighted by molar-refractivity contribution is -0.122. The molecule has 0 spiro atoms. The Morgan fingerprint density at radius 2 is 1.53 bits per heavy atom. The Morgan fingerprint density at radius 3 is 2.16 bits per heavy atom. The molecule has 3 aromatic rings. The average molecular weight is 533 g/mol. The van der Waals surface area contributed by atoms with Gasteiger partial charge in [-0.1, -0.05) is 39.7 Å². The van der Waals surface area contributed by atoms with Crippen LogP contribution in [0.4, 0.5) is 11.4 Å². The number of halogens is 2. The van der Waals surface area contributed by atoms with E-state index in [0.29, 0.717) is 27.7 Å². The third kappa shape index (κ3) is 6.78. The van der Waals surface area contributed by atoms with E-state index in [1.165, 1.54) is 0 Å². The summed E-state index contributed by atoms with van der Waals surface area (Å²) < 4.78 is 6.50. The molecular formula is C23H19BrClN3O3S. The highest BCUT2D eigenvalue weighted by molar-refractivity contribution is 9.10. The highest BCUT2D eigenvalue weighted by Gasteiger charge is 2.16. The summed E-state index contributed by atoms with van der Waals surface area (Å²) in [6, 6.07) is 20.8. The Kier molecular flexibility index (Phi) is 8.21. The van der Waals surface area contributed by atoms with Crippen LogP contribution in [-0.2, 0) is 4.79 Å². The molecule has 3 aromatic carbocycles. The zero-order valence-corrected chi connectivity index (χ0v) is 20.1. The van der Waals surface area contributed by atoms with E-state index in [2.05, 4.69) is 31.9 Å². The zero-order chi connectivity index (χ0) is 23.1. The van der Waals surface area contributed by atoms with Crippen LogP contribution in [0, 0.1) is 0 Å². The lowest BCUT2D eigenvalue weighted by Gasteiger charge is -2.16. The Labute approximate surface area is 204 Å². The van der Waals surface area contributed by atoms with E-state index in [1.807, 2.05) is 0 Å². The van der Waals surface area contributed by atoms with E-state index in [9.17, 15) is 9.59 Å². The first-order chi connectivity index (χ1) is 15.3. The van der Waals surface area contributed by atoms with Crippen molar-refractivity contribution >= 4 is 68.1 Å². The molecule has 1 unspecified atom stereocenters. The number of anilines is 2. The third-order valence-corrected chi connectivity index (χ3v) is 5.30. The normalized spacial score (nSPS) is 11.2. The number of hydrogen-bond donors (Lipinski definition) is 3. The molecule has 3 N–H and O–H groups in total. The number of para-hydroxylation sites is 1. The predicted octanol–water partition coefficient (Wildman–Crippen LogP) is 5.64. The minimum absolute atomic E-state index is 0.163. The average Bonchev–Trinajstić information content (AvgIpc) is 2.77. The molecule has 9 heteroatoms. The fourth-order valence-electron chi connectivity index (χ4n) is 2.60. The fraction of sp³-hybridized carbons (Fsp3) is 0.0870. The Morgan fingerprint density at radius 1 is 0.938 bits per heavy atom. The van der Waals surface area contributed by atoms with Crippen LogP contribution in [-0.4, -0.2) is 23.0 Å². The standard InChI is InChI=1S/C23H19BrClN3O3S/c1-14(31-20-5-3-2-4-19(20)25)21(29)26-17-10-12-18(13-11-17)27-23(32)28-22(30)15-6-8-16(24)9-7-15/h2-14H,1H3,(H,26,29)(H2,27,28,30,32). The van der Waals surface area contributed by atoms with Crippen LogP contribution in [0.3, 0.4) is 0 Å². The van der Waals surface area contributed by atoms with Gasteiger partial charge in [-0.3, -0.25) is 14.9 Å². The maximum atomic E-state index is 12.4. The number of ether oxygens (including phenoxy) is 1. The number of rotatable bonds is 6. The van der Waals surface area contributed by atoms with Crippen molar-refractivity contribution in [1.29, 1.82) is 0 Å². The van der Waals surface area contributed by atoms with Crippen molar-refractivity contribution in [2.45, 2.75) is 13.0 Å². The summed E-state index contributed by atoms with van der Waals surface area (Å²) in [6.07, 6.45) is -0.742. The van der Waals surface area contributed by atoms with Gasteiger partial charge in [0.15, 0.2) is 11.2 Å². The van der Waals surface area contributed by atoms with Gasteiger partial charge in [-0.2, -0.15) is 0 Å². The van der Waals surface area contributed by atoms with Gasteiger partial charge in [-0.25, -0.2) is 0 Å². The number of nitrogens with one attached hydrogen (secondary N) is 3. The molecule has 0 aromatic heterocycles. The van der Waals surface area contributed by atoms with E-state index >= 15 is 0 Å². The number of hydrogen-bond acceptors (Lipinski definition) is 4. The SMILES string of the molecule is CC(Oc1ccccc1Cl)C(=O)Nc1ccc(NC(=S)NC(=O)c2ccc(Br)cc2)cc1. The molecule has 1 atom stereocenters. The van der Waals surface area contributed by atoms with E-state index in [0.717, 1.165) is 4.47 Å². The molecule has 0 aliphatic rings. The Hall–Kier alpha value is -2.94. The summed E-state index contributed by atoms with van der Waals surface area (Å²) >= 11 is 14.6. The number of carbonyl (C=O) groups excluding carboxylic acids is 2. The summed E-state index contributed by atoms with van der Waals surface area (Å²) in [4.78, 5) is 24.6. The van der Waals surface area contributed by atoms with Crippen LogP contribution in [0.2, 0.25) is 5.02 Å². The van der Waals surface area contributed by atoms with Gasteiger partial charge >= 0.3 is 0 Å². The first kappa shape index (κ1) is 23.7. The summed E-state index contributed by atoms with van der Waals surface area (Å²) in [5.74, 6) is -0.190. The smallest absolute Gasteiger partial charge is 0.265 e. The molecule has 0 fully saturated rings. The number of amides is 2. The summed E-state index contributed by atoms with van der Waals surface area (Å²) in [6.45, 7) is 1.64. The molecule has 2 amide bonds. The summed E-state index contributed by atoms with van der Waals surface area (Å²) in [5.41, 5.74) is 1.73. The van der Waals surface area contributed by atoms with Crippen LogP contribution in [0.25, 0.3) is 0 Å². The molecule has 164 valence electrons. The van der Waals surface area contributed by atoms with Crippen LogP contribution < -0.4 is 20.7 Å². The van der Waals surface area contributed by atoms with Gasteiger partial charge in [0.05, 0.1) is 5.02 Å². The van der Waals surface area contributed by atoms with Gasteiger partial charge in [0.1, 0.15) is 5.75 Å². The molecule has 0 aliphatic carbocycles. The molecule has 0 aliphatic heterocycles. The highest BCUT2D eigenvalue weighted by Crippen LogP contribution is 2.24. The molecule has 0 heterocycles. The van der Waals surface area contributed by atoms with E-state index < -0.39 is 6.10 Å². The van der Waals surface area contributed by atoms with Gasteiger partial charge in [-0.15, -0.1) is 0 Å². The second-order valence-electron chi connectivity index (χ2n) is 6.67. The third-order valence-electron chi connectivity index (χ3n) is 4.25. The Balaban J connectivity index is 1.51. The second-order valence-corrected chi connectivity index (χ2v) is 8.40. The Bertz CT molecular complexity index is 1120. The van der Waals surface area contributed by atoms with Gasteiger partial charge in [0.2, 0.25) is 0 Å². The molecule has 6 nitrogen and oxygen atoms in total. The van der Waals surface area contributed by atoms with Crippen molar-refractivity contribution in [3.05, 3.63) is 87.9 Å². The quantitative estimate of drug-likeness (QED) is 0.358. The first-order valence-electron chi connectivity index (χ1n) is 9.52. The molecule has 0 bridgehead atoms. The van der Waals surface area contributed by atoms with Gasteiger partial charge in [0, 0.05) is 21.4 Å². The molecule has 0 saturated carbocycles. The molecule has 3 rings (SSSR count). The van der Waals surface area contributed by atoms with Gasteiger partial charge in [-0.05, 0) is 79.8 Å². The van der Waals surface area contributed by atoms with Crippen molar-refractivity contribution in [3.63, 3.8) is 0 Å².